The summed E-state index contributed by atoms with van der Waals surface area (Å²) < 4.78 is 11.8. The monoisotopic (exact) mass is 469 g/mol. The third kappa shape index (κ3) is 4.70. The van der Waals surface area contributed by atoms with Crippen molar-refractivity contribution in [3.63, 3.8) is 0 Å². The number of carboxylic acids is 1. The van der Waals surface area contributed by atoms with Crippen LogP contribution in [0.15, 0.2) is 89.3 Å². The van der Waals surface area contributed by atoms with Gasteiger partial charge in [-0.3, -0.25) is 0 Å². The molecule has 3 aromatic carbocycles. The number of rotatable bonds is 7. The van der Waals surface area contributed by atoms with Crippen LogP contribution in [0, 0.1) is 0 Å². The lowest BCUT2D eigenvalue weighted by Gasteiger charge is -2.38. The van der Waals surface area contributed by atoms with E-state index in [9.17, 15) is 9.90 Å². The molecule has 1 saturated carbocycles. The van der Waals surface area contributed by atoms with E-state index >= 15 is 0 Å². The Morgan fingerprint density at radius 1 is 0.971 bits per heavy atom. The first-order valence-corrected chi connectivity index (χ1v) is 11.8. The Balaban J connectivity index is 1.58. The summed E-state index contributed by atoms with van der Waals surface area (Å²) in [6, 6.07) is 26.9. The maximum absolute atomic E-state index is 12.1. The molecule has 0 amide bonds. The van der Waals surface area contributed by atoms with E-state index in [1.165, 1.54) is 0 Å². The van der Waals surface area contributed by atoms with E-state index in [1.807, 2.05) is 78.9 Å². The first-order valence-electron chi connectivity index (χ1n) is 11.8. The number of aliphatic carboxylic acids is 1. The van der Waals surface area contributed by atoms with Crippen LogP contribution in [0.4, 0.5) is 0 Å². The van der Waals surface area contributed by atoms with Crippen molar-refractivity contribution in [2.24, 2.45) is 0 Å². The Bertz CT molecular complexity index is 1240. The lowest BCUT2D eigenvalue weighted by molar-refractivity contribution is -0.139. The fourth-order valence-corrected chi connectivity index (χ4v) is 4.90. The number of carboxylic acid groups (broad SMARTS) is 1. The number of aromatic nitrogens is 1. The van der Waals surface area contributed by atoms with Crippen molar-refractivity contribution in [2.75, 3.05) is 6.61 Å². The van der Waals surface area contributed by atoms with Gasteiger partial charge in [-0.05, 0) is 37.0 Å². The molecule has 2 atom stereocenters. The van der Waals surface area contributed by atoms with Crippen molar-refractivity contribution in [3.05, 3.63) is 96.4 Å². The molecule has 178 valence electrons. The molecule has 35 heavy (non-hydrogen) atoms. The molecule has 0 radical (unpaired) electrons. The molecule has 2 N–H and O–H groups in total. The van der Waals surface area contributed by atoms with Gasteiger partial charge < -0.3 is 19.4 Å². The maximum atomic E-state index is 12.1. The van der Waals surface area contributed by atoms with Crippen molar-refractivity contribution >= 4 is 5.97 Å². The highest BCUT2D eigenvalue weighted by Gasteiger charge is 2.46. The van der Waals surface area contributed by atoms with Crippen LogP contribution in [0.5, 0.6) is 5.75 Å². The Kier molecular flexibility index (Phi) is 6.38. The molecule has 1 heterocycles. The van der Waals surface area contributed by atoms with Gasteiger partial charge in [0.05, 0.1) is 0 Å². The molecule has 0 spiro atoms. The second kappa shape index (κ2) is 9.76. The number of ether oxygens (including phenoxy) is 1. The smallest absolute Gasteiger partial charge is 0.341 e. The van der Waals surface area contributed by atoms with E-state index in [0.29, 0.717) is 29.5 Å². The predicted molar refractivity (Wildman–Crippen MR) is 132 cm³/mol. The molecule has 1 aliphatic rings. The highest BCUT2D eigenvalue weighted by molar-refractivity contribution is 5.77. The largest absolute Gasteiger partial charge is 0.482 e. The third-order valence-corrected chi connectivity index (χ3v) is 6.58. The van der Waals surface area contributed by atoms with E-state index in [4.69, 9.17) is 19.2 Å². The van der Waals surface area contributed by atoms with E-state index in [0.717, 1.165) is 36.0 Å². The predicted octanol–water partition coefficient (Wildman–Crippen LogP) is 6.02. The van der Waals surface area contributed by atoms with Crippen molar-refractivity contribution in [3.8, 4) is 28.3 Å². The Morgan fingerprint density at radius 2 is 1.69 bits per heavy atom. The molecular formula is C29H27NO5. The zero-order valence-electron chi connectivity index (χ0n) is 19.3. The average Bonchev–Trinajstić information content (AvgIpc) is 3.36. The van der Waals surface area contributed by atoms with Crippen LogP contribution in [-0.2, 0) is 10.4 Å². The summed E-state index contributed by atoms with van der Waals surface area (Å²) in [4.78, 5) is 15.8. The molecule has 1 aromatic heterocycles. The van der Waals surface area contributed by atoms with Crippen molar-refractivity contribution in [1.82, 2.24) is 4.98 Å². The van der Waals surface area contributed by atoms with Gasteiger partial charge in [0.2, 0.25) is 5.89 Å². The second-order valence-corrected chi connectivity index (χ2v) is 8.91. The van der Waals surface area contributed by atoms with E-state index in [-0.39, 0.29) is 5.92 Å². The molecule has 6 nitrogen and oxygen atoms in total. The number of nitrogens with zero attached hydrogens (tertiary/aromatic N) is 1. The fourth-order valence-electron chi connectivity index (χ4n) is 4.90. The topological polar surface area (TPSA) is 92.8 Å². The summed E-state index contributed by atoms with van der Waals surface area (Å²) >= 11 is 0. The van der Waals surface area contributed by atoms with Crippen LogP contribution in [0.3, 0.4) is 0 Å². The highest BCUT2D eigenvalue weighted by Crippen LogP contribution is 2.49. The van der Waals surface area contributed by atoms with Crippen molar-refractivity contribution in [2.45, 2.75) is 37.2 Å². The summed E-state index contributed by atoms with van der Waals surface area (Å²) in [6.07, 6.45) is 3.08. The van der Waals surface area contributed by atoms with Crippen molar-refractivity contribution < 1.29 is 24.2 Å². The van der Waals surface area contributed by atoms with Crippen LogP contribution >= 0.6 is 0 Å². The van der Waals surface area contributed by atoms with Crippen LogP contribution in [-0.4, -0.2) is 27.8 Å². The Morgan fingerprint density at radius 3 is 2.40 bits per heavy atom. The molecule has 1 fully saturated rings. The summed E-state index contributed by atoms with van der Waals surface area (Å²) in [5.41, 5.74) is 2.07. The number of aliphatic hydroxyl groups is 1. The van der Waals surface area contributed by atoms with Crippen LogP contribution in [0.2, 0.25) is 0 Å². The maximum Gasteiger partial charge on any atom is 0.341 e. The lowest BCUT2D eigenvalue weighted by atomic mass is 9.72. The van der Waals surface area contributed by atoms with Gasteiger partial charge >= 0.3 is 5.97 Å². The number of benzene rings is 3. The first kappa shape index (κ1) is 22.9. The molecule has 0 aliphatic heterocycles. The zero-order chi connectivity index (χ0) is 24.3. The highest BCUT2D eigenvalue weighted by atomic mass is 16.5. The summed E-state index contributed by atoms with van der Waals surface area (Å²) in [6.45, 7) is -0.418. The fraction of sp³-hybridized carbons (Fsp3) is 0.241. The van der Waals surface area contributed by atoms with E-state index < -0.39 is 18.2 Å². The van der Waals surface area contributed by atoms with E-state index in [1.54, 1.807) is 6.07 Å². The lowest BCUT2D eigenvalue weighted by Crippen LogP contribution is -2.36. The van der Waals surface area contributed by atoms with Gasteiger partial charge in [-0.1, -0.05) is 79.2 Å². The van der Waals surface area contributed by atoms with Crippen molar-refractivity contribution in [1.29, 1.82) is 0 Å². The van der Waals surface area contributed by atoms with Gasteiger partial charge in [0, 0.05) is 17.0 Å². The molecular weight excluding hydrogens is 442 g/mol. The number of hydrogen-bond donors (Lipinski definition) is 2. The number of carbonyl (C=O) groups is 1. The third-order valence-electron chi connectivity index (χ3n) is 6.58. The standard InChI is InChI=1S/C29H27NO5/c31-25(32)19-34-23-15-9-14-22(18-23)24-16-7-8-17-29(24,33)28-30-26(20-10-3-1-4-11-20)27(35-28)21-12-5-2-6-13-21/h1-6,9-15,18,24,33H,7-8,16-17,19H2,(H,31,32)/t24-,29+/m1/s1. The Labute approximate surface area is 203 Å². The average molecular weight is 470 g/mol. The van der Waals surface area contributed by atoms with Gasteiger partial charge in [-0.2, -0.15) is 0 Å². The zero-order valence-corrected chi connectivity index (χ0v) is 19.3. The molecule has 6 heteroatoms. The van der Waals surface area contributed by atoms with Gasteiger partial charge in [0.1, 0.15) is 17.0 Å². The normalized spacial score (nSPS) is 19.9. The summed E-state index contributed by atoms with van der Waals surface area (Å²) in [5.74, 6) is 0.0850. The van der Waals surface area contributed by atoms with Crippen LogP contribution < -0.4 is 4.74 Å². The minimum atomic E-state index is -1.31. The van der Waals surface area contributed by atoms with Gasteiger partial charge in [0.25, 0.3) is 0 Å². The molecule has 0 unspecified atom stereocenters. The van der Waals surface area contributed by atoms with Crippen LogP contribution in [0.1, 0.15) is 43.1 Å². The minimum absolute atomic E-state index is 0.268. The second-order valence-electron chi connectivity index (χ2n) is 8.91. The van der Waals surface area contributed by atoms with Gasteiger partial charge in [-0.25, -0.2) is 9.78 Å². The van der Waals surface area contributed by atoms with Gasteiger partial charge in [-0.15, -0.1) is 0 Å². The van der Waals surface area contributed by atoms with Gasteiger partial charge in [0.15, 0.2) is 12.4 Å². The summed E-state index contributed by atoms with van der Waals surface area (Å²) in [5, 5.41) is 21.1. The number of hydrogen-bond acceptors (Lipinski definition) is 5. The molecule has 5 rings (SSSR count). The molecule has 4 aromatic rings. The Hall–Kier alpha value is -3.90. The minimum Gasteiger partial charge on any atom is -0.482 e. The van der Waals surface area contributed by atoms with Crippen LogP contribution in [0.25, 0.3) is 22.6 Å². The first-order chi connectivity index (χ1) is 17.0. The number of oxazole rings is 1. The quantitative estimate of drug-likeness (QED) is 0.344. The SMILES string of the molecule is O=C(O)COc1cccc([C@H]2CCCC[C@@]2(O)c2nc(-c3ccccc3)c(-c3ccccc3)o2)c1. The molecule has 1 aliphatic carbocycles. The molecule has 0 bridgehead atoms. The molecule has 0 saturated heterocycles. The summed E-state index contributed by atoms with van der Waals surface area (Å²) in [7, 11) is 0. The van der Waals surface area contributed by atoms with E-state index in [2.05, 4.69) is 0 Å².